The molecule has 0 bridgehead atoms. The highest BCUT2D eigenvalue weighted by Crippen LogP contribution is 2.25. The summed E-state index contributed by atoms with van der Waals surface area (Å²) in [6.45, 7) is 3.53. The molecule has 4 heteroatoms. The molecule has 0 aliphatic rings. The molecular formula is C15H18FN3. The van der Waals surface area contributed by atoms with Crippen LogP contribution in [-0.4, -0.2) is 18.6 Å². The van der Waals surface area contributed by atoms with Crippen LogP contribution >= 0.6 is 0 Å². The summed E-state index contributed by atoms with van der Waals surface area (Å²) in [5.74, 6) is -0.222. The molecule has 1 heterocycles. The summed E-state index contributed by atoms with van der Waals surface area (Å²) >= 11 is 0. The molecule has 0 amide bonds. The van der Waals surface area contributed by atoms with E-state index in [-0.39, 0.29) is 5.82 Å². The van der Waals surface area contributed by atoms with Crippen LogP contribution < -0.4 is 10.2 Å². The number of nitrogens with one attached hydrogen (secondary N) is 1. The lowest BCUT2D eigenvalue weighted by Gasteiger charge is -2.23. The number of aromatic nitrogens is 1. The molecule has 19 heavy (non-hydrogen) atoms. The summed E-state index contributed by atoms with van der Waals surface area (Å²) in [6, 6.07) is 10.6. The highest BCUT2D eigenvalue weighted by Gasteiger charge is 2.08. The minimum atomic E-state index is -0.222. The zero-order valence-electron chi connectivity index (χ0n) is 11.2. The van der Waals surface area contributed by atoms with Crippen LogP contribution in [0, 0.1) is 5.82 Å². The van der Waals surface area contributed by atoms with Gasteiger partial charge in [0.1, 0.15) is 5.82 Å². The van der Waals surface area contributed by atoms with Gasteiger partial charge in [0.25, 0.3) is 0 Å². The summed E-state index contributed by atoms with van der Waals surface area (Å²) in [5, 5.41) is 3.08. The molecule has 0 saturated carbocycles. The van der Waals surface area contributed by atoms with Crippen LogP contribution in [0.3, 0.4) is 0 Å². The van der Waals surface area contributed by atoms with Crippen molar-refractivity contribution in [1.29, 1.82) is 0 Å². The number of hydrogen-bond donors (Lipinski definition) is 1. The number of nitrogens with zero attached hydrogens (tertiary/aromatic N) is 2. The number of halogens is 1. The molecule has 0 aliphatic carbocycles. The van der Waals surface area contributed by atoms with Crippen molar-refractivity contribution in [2.75, 3.05) is 18.5 Å². The van der Waals surface area contributed by atoms with Crippen molar-refractivity contribution in [3.05, 3.63) is 54.1 Å². The first-order valence-corrected chi connectivity index (χ1v) is 6.37. The Morgan fingerprint density at radius 3 is 2.68 bits per heavy atom. The molecule has 1 N–H and O–H groups in total. The van der Waals surface area contributed by atoms with Crippen molar-refractivity contribution in [2.24, 2.45) is 0 Å². The van der Waals surface area contributed by atoms with E-state index in [4.69, 9.17) is 0 Å². The maximum absolute atomic E-state index is 13.3. The predicted molar refractivity (Wildman–Crippen MR) is 76.1 cm³/mol. The Morgan fingerprint density at radius 1 is 1.21 bits per heavy atom. The second kappa shape index (κ2) is 6.29. The van der Waals surface area contributed by atoms with E-state index in [0.29, 0.717) is 6.54 Å². The number of rotatable bonds is 5. The molecule has 0 spiro atoms. The third-order valence-electron chi connectivity index (χ3n) is 2.91. The van der Waals surface area contributed by atoms with Crippen molar-refractivity contribution in [3.63, 3.8) is 0 Å². The molecule has 0 atom stereocenters. The van der Waals surface area contributed by atoms with Crippen LogP contribution in [0.15, 0.2) is 42.6 Å². The van der Waals surface area contributed by atoms with E-state index in [1.165, 1.54) is 6.07 Å². The summed E-state index contributed by atoms with van der Waals surface area (Å²) < 4.78 is 13.3. The van der Waals surface area contributed by atoms with E-state index in [1.807, 2.05) is 32.2 Å². The zero-order chi connectivity index (χ0) is 13.7. The molecular weight excluding hydrogens is 241 g/mol. The summed E-state index contributed by atoms with van der Waals surface area (Å²) in [5.41, 5.74) is 2.84. The van der Waals surface area contributed by atoms with Crippen LogP contribution in [0.4, 0.5) is 15.8 Å². The average Bonchev–Trinajstić information content (AvgIpc) is 2.41. The van der Waals surface area contributed by atoms with E-state index in [0.717, 1.165) is 23.6 Å². The number of anilines is 2. The van der Waals surface area contributed by atoms with Crippen LogP contribution in [0.2, 0.25) is 0 Å². The molecule has 0 aliphatic heterocycles. The van der Waals surface area contributed by atoms with Gasteiger partial charge in [0.15, 0.2) is 0 Å². The topological polar surface area (TPSA) is 28.2 Å². The lowest BCUT2D eigenvalue weighted by atomic mass is 10.2. The Morgan fingerprint density at radius 2 is 2.00 bits per heavy atom. The van der Waals surface area contributed by atoms with Gasteiger partial charge in [0.05, 0.1) is 5.69 Å². The normalized spacial score (nSPS) is 10.5. The predicted octanol–water partition coefficient (Wildman–Crippen LogP) is 3.10. The minimum absolute atomic E-state index is 0.222. The fraction of sp³-hybridized carbons (Fsp3) is 0.267. The largest absolute Gasteiger partial charge is 0.342 e. The molecule has 0 radical (unpaired) electrons. The van der Waals surface area contributed by atoms with E-state index < -0.39 is 0 Å². The summed E-state index contributed by atoms with van der Waals surface area (Å²) in [7, 11) is 1.89. The Labute approximate surface area is 113 Å². The lowest BCUT2D eigenvalue weighted by Crippen LogP contribution is -2.17. The third-order valence-corrected chi connectivity index (χ3v) is 2.91. The van der Waals surface area contributed by atoms with Crippen molar-refractivity contribution >= 4 is 11.4 Å². The van der Waals surface area contributed by atoms with Crippen molar-refractivity contribution in [2.45, 2.75) is 13.5 Å². The first kappa shape index (κ1) is 13.5. The first-order valence-electron chi connectivity index (χ1n) is 6.37. The highest BCUT2D eigenvalue weighted by molar-refractivity contribution is 5.63. The standard InChI is InChI=1S/C15H18FN3/c1-3-19(14-6-4-5-12(16)9-14)15-7-8-18-13(10-15)11-17-2/h4-10,17H,3,11H2,1-2H3. The molecule has 100 valence electrons. The summed E-state index contributed by atoms with van der Waals surface area (Å²) in [6.07, 6.45) is 1.78. The number of hydrogen-bond acceptors (Lipinski definition) is 3. The van der Waals surface area contributed by atoms with Gasteiger partial charge in [-0.05, 0) is 44.3 Å². The van der Waals surface area contributed by atoms with Crippen LogP contribution in [0.25, 0.3) is 0 Å². The van der Waals surface area contributed by atoms with Gasteiger partial charge in [-0.2, -0.15) is 0 Å². The molecule has 0 unspecified atom stereocenters. The maximum Gasteiger partial charge on any atom is 0.125 e. The maximum atomic E-state index is 13.3. The Kier molecular flexibility index (Phi) is 4.47. The minimum Gasteiger partial charge on any atom is -0.342 e. The Hall–Kier alpha value is -1.94. The third kappa shape index (κ3) is 3.29. The number of pyridine rings is 1. The van der Waals surface area contributed by atoms with E-state index >= 15 is 0 Å². The zero-order valence-corrected chi connectivity index (χ0v) is 11.2. The lowest BCUT2D eigenvalue weighted by molar-refractivity contribution is 0.627. The van der Waals surface area contributed by atoms with Crippen LogP contribution in [-0.2, 0) is 6.54 Å². The second-order valence-corrected chi connectivity index (χ2v) is 4.26. The van der Waals surface area contributed by atoms with Gasteiger partial charge in [-0.3, -0.25) is 4.98 Å². The van der Waals surface area contributed by atoms with Gasteiger partial charge in [-0.15, -0.1) is 0 Å². The van der Waals surface area contributed by atoms with Gasteiger partial charge >= 0.3 is 0 Å². The molecule has 3 nitrogen and oxygen atoms in total. The van der Waals surface area contributed by atoms with Gasteiger partial charge < -0.3 is 10.2 Å². The quantitative estimate of drug-likeness (QED) is 0.894. The average molecular weight is 259 g/mol. The van der Waals surface area contributed by atoms with E-state index in [9.17, 15) is 4.39 Å². The number of benzene rings is 1. The fourth-order valence-corrected chi connectivity index (χ4v) is 2.07. The Bertz CT molecular complexity index is 542. The van der Waals surface area contributed by atoms with Crippen molar-refractivity contribution in [3.8, 4) is 0 Å². The smallest absolute Gasteiger partial charge is 0.125 e. The molecule has 1 aromatic carbocycles. The first-order chi connectivity index (χ1) is 9.24. The molecule has 0 saturated heterocycles. The van der Waals surface area contributed by atoms with Gasteiger partial charge in [0, 0.05) is 30.7 Å². The van der Waals surface area contributed by atoms with E-state index in [2.05, 4.69) is 15.2 Å². The molecule has 2 rings (SSSR count). The van der Waals surface area contributed by atoms with Crippen molar-refractivity contribution in [1.82, 2.24) is 10.3 Å². The second-order valence-electron chi connectivity index (χ2n) is 4.26. The van der Waals surface area contributed by atoms with Crippen molar-refractivity contribution < 1.29 is 4.39 Å². The highest BCUT2D eigenvalue weighted by atomic mass is 19.1. The Balaban J connectivity index is 2.33. The molecule has 0 fully saturated rings. The summed E-state index contributed by atoms with van der Waals surface area (Å²) in [4.78, 5) is 6.35. The van der Waals surface area contributed by atoms with Gasteiger partial charge in [0.2, 0.25) is 0 Å². The fourth-order valence-electron chi connectivity index (χ4n) is 2.07. The van der Waals surface area contributed by atoms with Gasteiger partial charge in [-0.1, -0.05) is 6.07 Å². The molecule has 2 aromatic rings. The van der Waals surface area contributed by atoms with E-state index in [1.54, 1.807) is 18.3 Å². The molecule has 1 aromatic heterocycles. The van der Waals surface area contributed by atoms with Crippen LogP contribution in [0.5, 0.6) is 0 Å². The van der Waals surface area contributed by atoms with Crippen LogP contribution in [0.1, 0.15) is 12.6 Å². The van der Waals surface area contributed by atoms with Gasteiger partial charge in [-0.25, -0.2) is 4.39 Å². The monoisotopic (exact) mass is 259 g/mol. The SMILES string of the molecule is CCN(c1cccc(F)c1)c1ccnc(CNC)c1.